The summed E-state index contributed by atoms with van der Waals surface area (Å²) in [6.45, 7) is 19.5. The fraction of sp³-hybridized carbons (Fsp3) is 1.00. The van der Waals surface area contributed by atoms with Gasteiger partial charge in [0, 0.05) is 13.2 Å². The quantitative estimate of drug-likeness (QED) is 0.218. The van der Waals surface area contributed by atoms with Crippen molar-refractivity contribution in [2.45, 2.75) is 209 Å². The van der Waals surface area contributed by atoms with Crippen molar-refractivity contribution in [3.8, 4) is 0 Å². The predicted octanol–water partition coefficient (Wildman–Crippen LogP) is 12.6. The highest BCUT2D eigenvalue weighted by molar-refractivity contribution is 7.47. The highest BCUT2D eigenvalue weighted by Crippen LogP contribution is 2.43. The molecule has 3 N–H and O–H groups in total. The van der Waals surface area contributed by atoms with Crippen LogP contribution < -0.4 is 0 Å². The third-order valence-electron chi connectivity index (χ3n) is 12.6. The van der Waals surface area contributed by atoms with Crippen LogP contribution in [0.5, 0.6) is 0 Å². The molecule has 0 aliphatic carbocycles. The highest BCUT2D eigenvalue weighted by Gasteiger charge is 2.25. The van der Waals surface area contributed by atoms with Crippen molar-refractivity contribution in [1.29, 1.82) is 0 Å². The molecule has 0 amide bonds. The number of phosphoric ester groups is 1. The zero-order chi connectivity index (χ0) is 40.9. The first-order valence-electron chi connectivity index (χ1n) is 23.3. The van der Waals surface area contributed by atoms with Gasteiger partial charge in [-0.05, 0) is 60.2 Å². The lowest BCUT2D eigenvalue weighted by molar-refractivity contribution is -0.0492. The second kappa shape index (κ2) is 32.8. The molecule has 0 radical (unpaired) electrons. The number of hydrogen-bond donors (Lipinski definition) is 3. The van der Waals surface area contributed by atoms with Crippen molar-refractivity contribution in [1.82, 2.24) is 0 Å². The lowest BCUT2D eigenvalue weighted by atomic mass is 9.88. The van der Waals surface area contributed by atoms with E-state index in [0.29, 0.717) is 25.0 Å². The van der Waals surface area contributed by atoms with Crippen molar-refractivity contribution in [2.24, 2.45) is 47.3 Å². The third kappa shape index (κ3) is 31.5. The molecule has 330 valence electrons. The fourth-order valence-electron chi connectivity index (χ4n) is 8.14. The van der Waals surface area contributed by atoms with Crippen LogP contribution in [0.2, 0.25) is 0 Å². The van der Waals surface area contributed by atoms with Gasteiger partial charge in [-0.15, -0.1) is 0 Å². The number of aliphatic hydroxyl groups excluding tert-OH is 2. The van der Waals surface area contributed by atoms with Crippen LogP contribution in [0.4, 0.5) is 0 Å². The largest absolute Gasteiger partial charge is 0.472 e. The van der Waals surface area contributed by atoms with E-state index >= 15 is 0 Å². The smallest absolute Gasteiger partial charge is 0.394 e. The van der Waals surface area contributed by atoms with Crippen LogP contribution in [0.3, 0.4) is 0 Å². The van der Waals surface area contributed by atoms with Gasteiger partial charge in [0.1, 0.15) is 12.2 Å². The topological polar surface area (TPSA) is 115 Å². The van der Waals surface area contributed by atoms with Gasteiger partial charge < -0.3 is 24.6 Å². The van der Waals surface area contributed by atoms with Crippen LogP contribution in [0.25, 0.3) is 0 Å². The van der Waals surface area contributed by atoms with Crippen LogP contribution >= 0.6 is 7.82 Å². The van der Waals surface area contributed by atoms with Gasteiger partial charge >= 0.3 is 7.82 Å². The molecule has 0 aromatic carbocycles. The van der Waals surface area contributed by atoms with E-state index < -0.39 is 33.2 Å². The average molecular weight is 805 g/mol. The number of phosphoric acid groups is 1. The molecule has 0 saturated carbocycles. The zero-order valence-electron chi connectivity index (χ0n) is 37.4. The minimum absolute atomic E-state index is 0.155. The number of hydrogen-bond acceptors (Lipinski definition) is 7. The average Bonchev–Trinajstić information content (AvgIpc) is 3.13. The normalized spacial score (nSPS) is 33.9. The number of aliphatic hydroxyl groups is 2. The molecular weight excluding hydrogens is 711 g/mol. The van der Waals surface area contributed by atoms with Gasteiger partial charge in [-0.25, -0.2) is 4.57 Å². The summed E-state index contributed by atoms with van der Waals surface area (Å²) >= 11 is 0. The van der Waals surface area contributed by atoms with Crippen molar-refractivity contribution < 1.29 is 38.2 Å². The summed E-state index contributed by atoms with van der Waals surface area (Å²) in [5.74, 6) is 6.04. The summed E-state index contributed by atoms with van der Waals surface area (Å²) in [6.07, 6.45) is 26.7. The maximum atomic E-state index is 12.4. The Labute approximate surface area is 341 Å². The molecule has 8 nitrogen and oxygen atoms in total. The van der Waals surface area contributed by atoms with E-state index in [4.69, 9.17) is 23.6 Å². The molecule has 1 fully saturated rings. The Kier molecular flexibility index (Phi) is 31.5. The molecule has 0 spiro atoms. The van der Waals surface area contributed by atoms with E-state index in [-0.39, 0.29) is 13.2 Å². The van der Waals surface area contributed by atoms with Gasteiger partial charge in [-0.1, -0.05) is 184 Å². The Morgan fingerprint density at radius 1 is 0.527 bits per heavy atom. The summed E-state index contributed by atoms with van der Waals surface area (Å²) in [6, 6.07) is 0. The summed E-state index contributed by atoms with van der Waals surface area (Å²) in [7, 11) is -4.41. The van der Waals surface area contributed by atoms with Crippen molar-refractivity contribution in [2.75, 3.05) is 39.6 Å². The Hall–Kier alpha value is -0.0500. The molecule has 9 heteroatoms. The molecule has 0 aromatic rings. The van der Waals surface area contributed by atoms with E-state index in [1.165, 1.54) is 128 Å². The van der Waals surface area contributed by atoms with Gasteiger partial charge in [0.2, 0.25) is 0 Å². The molecule has 11 atom stereocenters. The molecule has 1 heterocycles. The number of rotatable bonds is 7. The maximum Gasteiger partial charge on any atom is 0.472 e. The molecule has 1 rings (SSSR count). The standard InChI is InChI=1S/C46H93O8P/c1-37-15-9-17-39(3)21-13-25-43(7)29-31-51-35-46(36-54-55(49,50)53-34-45(48)33-47)52-32-30-44(8)26-14-22-40(4)18-10-16-38(2)20-12-24-42(6)28-27-41(5)23-11-19-37/h37-48H,9-36H2,1-8H3,(H,49,50)/t37-,38-,39+,40+,41?,42?,43+,44+,45+,46-/m0/s1. The minimum Gasteiger partial charge on any atom is -0.394 e. The van der Waals surface area contributed by atoms with Gasteiger partial charge in [-0.3, -0.25) is 9.05 Å². The maximum absolute atomic E-state index is 12.4. The molecule has 1 aliphatic heterocycles. The Morgan fingerprint density at radius 3 is 1.22 bits per heavy atom. The highest BCUT2D eigenvalue weighted by atomic mass is 31.2. The van der Waals surface area contributed by atoms with E-state index in [2.05, 4.69) is 55.4 Å². The van der Waals surface area contributed by atoms with Crippen LogP contribution in [-0.2, 0) is 23.1 Å². The molecular formula is C46H93O8P. The molecule has 1 aliphatic rings. The minimum atomic E-state index is -4.41. The SMILES string of the molecule is CC1CCC[C@@H](C)CCC[C@@H](C)CCC[C@@H](C)CCOC[C@@H](COP(=O)(O)OC[C@H](O)CO)OCC[C@H](C)CCC[C@H](C)CCC[C@H](C)CCCC(C)CC1. The summed E-state index contributed by atoms with van der Waals surface area (Å²) in [4.78, 5) is 10.1. The second-order valence-electron chi connectivity index (χ2n) is 19.0. The first kappa shape index (κ1) is 53.0. The van der Waals surface area contributed by atoms with Crippen LogP contribution in [-0.4, -0.2) is 67.0 Å². The fourth-order valence-corrected chi connectivity index (χ4v) is 8.93. The van der Waals surface area contributed by atoms with Gasteiger partial charge in [0.05, 0.1) is 26.4 Å². The van der Waals surface area contributed by atoms with Crippen molar-refractivity contribution >= 4 is 7.82 Å². The molecule has 55 heavy (non-hydrogen) atoms. The summed E-state index contributed by atoms with van der Waals surface area (Å²) < 4.78 is 34.6. The van der Waals surface area contributed by atoms with Crippen LogP contribution in [0.15, 0.2) is 0 Å². The Bertz CT molecular complexity index is 922. The lowest BCUT2D eigenvalue weighted by Gasteiger charge is -2.22. The Morgan fingerprint density at radius 2 is 0.855 bits per heavy atom. The molecule has 0 aromatic heterocycles. The van der Waals surface area contributed by atoms with Crippen LogP contribution in [0.1, 0.15) is 197 Å². The summed E-state index contributed by atoms with van der Waals surface area (Å²) in [5, 5.41) is 18.5. The Balaban J connectivity index is 2.67. The van der Waals surface area contributed by atoms with Crippen LogP contribution in [0, 0.1) is 47.3 Å². The molecule has 1 saturated heterocycles. The zero-order valence-corrected chi connectivity index (χ0v) is 38.3. The molecule has 3 unspecified atom stereocenters. The van der Waals surface area contributed by atoms with Crippen molar-refractivity contribution in [3.05, 3.63) is 0 Å². The van der Waals surface area contributed by atoms with Gasteiger partial charge in [0.15, 0.2) is 0 Å². The van der Waals surface area contributed by atoms with Gasteiger partial charge in [-0.2, -0.15) is 0 Å². The third-order valence-corrected chi connectivity index (χ3v) is 13.6. The van der Waals surface area contributed by atoms with E-state index in [0.717, 1.165) is 48.3 Å². The van der Waals surface area contributed by atoms with E-state index in [1.54, 1.807) is 0 Å². The van der Waals surface area contributed by atoms with E-state index in [1.807, 2.05) is 0 Å². The summed E-state index contributed by atoms with van der Waals surface area (Å²) in [5.41, 5.74) is 0. The number of ether oxygens (including phenoxy) is 2. The lowest BCUT2D eigenvalue weighted by Crippen LogP contribution is -2.27. The molecule has 0 bridgehead atoms. The second-order valence-corrected chi connectivity index (χ2v) is 20.5. The first-order valence-corrected chi connectivity index (χ1v) is 24.8. The van der Waals surface area contributed by atoms with Crippen molar-refractivity contribution in [3.63, 3.8) is 0 Å². The van der Waals surface area contributed by atoms with Gasteiger partial charge in [0.25, 0.3) is 0 Å². The monoisotopic (exact) mass is 805 g/mol. The predicted molar refractivity (Wildman–Crippen MR) is 230 cm³/mol. The van der Waals surface area contributed by atoms with E-state index in [9.17, 15) is 14.6 Å². The first-order chi connectivity index (χ1) is 26.2.